The Morgan fingerprint density at radius 3 is 2.67 bits per heavy atom. The van der Waals surface area contributed by atoms with Crippen molar-refractivity contribution in [2.75, 3.05) is 18.9 Å². The molecule has 2 bridgehead atoms. The van der Waals surface area contributed by atoms with Crippen molar-refractivity contribution in [3.8, 4) is 0 Å². The fourth-order valence-corrected chi connectivity index (χ4v) is 4.09. The Bertz CT molecular complexity index is 613. The van der Waals surface area contributed by atoms with Gasteiger partial charge in [0.25, 0.3) is 0 Å². The van der Waals surface area contributed by atoms with Crippen molar-refractivity contribution in [2.45, 2.75) is 37.9 Å². The summed E-state index contributed by atoms with van der Waals surface area (Å²) in [6, 6.07) is 9.76. The highest BCUT2D eigenvalue weighted by molar-refractivity contribution is 7.80. The van der Waals surface area contributed by atoms with Gasteiger partial charge in [-0.05, 0) is 31.1 Å². The Labute approximate surface area is 147 Å². The summed E-state index contributed by atoms with van der Waals surface area (Å²) in [5.41, 5.74) is -0.128. The van der Waals surface area contributed by atoms with Crippen molar-refractivity contribution < 1.29 is 19.1 Å². The van der Waals surface area contributed by atoms with Crippen LogP contribution in [0, 0.1) is 5.41 Å². The van der Waals surface area contributed by atoms with Crippen LogP contribution < -0.4 is 5.32 Å². The van der Waals surface area contributed by atoms with Gasteiger partial charge in [0.1, 0.15) is 5.41 Å². The molecule has 3 aliphatic rings. The number of esters is 1. The average molecular weight is 349 g/mol. The molecule has 1 N–H and O–H groups in total. The van der Waals surface area contributed by atoms with Crippen molar-refractivity contribution in [1.29, 1.82) is 0 Å². The molecule has 0 spiro atoms. The summed E-state index contributed by atoms with van der Waals surface area (Å²) in [7, 11) is 0. The summed E-state index contributed by atoms with van der Waals surface area (Å²) in [6.07, 6.45) is 1.23. The second-order valence-electron chi connectivity index (χ2n) is 6.57. The first kappa shape index (κ1) is 17.3. The molecule has 5 nitrogen and oxygen atoms in total. The third-order valence-corrected chi connectivity index (χ3v) is 5.10. The van der Waals surface area contributed by atoms with Crippen molar-refractivity contribution in [3.05, 3.63) is 35.9 Å². The van der Waals surface area contributed by atoms with Crippen molar-refractivity contribution in [1.82, 2.24) is 5.32 Å². The minimum absolute atomic E-state index is 0.0419. The highest BCUT2D eigenvalue weighted by atomic mass is 32.1. The summed E-state index contributed by atoms with van der Waals surface area (Å²) in [5, 5.41) is 2.90. The quantitative estimate of drug-likeness (QED) is 0.585. The fourth-order valence-electron chi connectivity index (χ4n) is 3.89. The first-order valence-corrected chi connectivity index (χ1v) is 8.96. The van der Waals surface area contributed by atoms with Crippen molar-refractivity contribution >= 4 is 24.5 Å². The molecule has 24 heavy (non-hydrogen) atoms. The topological polar surface area (TPSA) is 64.6 Å². The molecular formula is C18H23NO4S. The van der Waals surface area contributed by atoms with E-state index in [0.717, 1.165) is 5.56 Å². The molecule has 1 aromatic rings. The molecule has 6 heteroatoms. The van der Waals surface area contributed by atoms with Gasteiger partial charge in [0.2, 0.25) is 5.91 Å². The molecule has 1 aromatic carbocycles. The summed E-state index contributed by atoms with van der Waals surface area (Å²) < 4.78 is 11.6. The standard InChI is InChI=1S/C18H23NO4S/c1-2-22-16(21)18-10-17(11-18,12-19-14(20)8-9-24)23-15(18)13-6-4-3-5-7-13/h3-7,15,24H,2,8-12H2,1H3,(H,19,20). The highest BCUT2D eigenvalue weighted by Gasteiger charge is 2.72. The van der Waals surface area contributed by atoms with Gasteiger partial charge in [-0.3, -0.25) is 9.59 Å². The monoisotopic (exact) mass is 349 g/mol. The predicted molar refractivity (Wildman–Crippen MR) is 92.8 cm³/mol. The van der Waals surface area contributed by atoms with Gasteiger partial charge in [0.05, 0.1) is 18.3 Å². The van der Waals surface area contributed by atoms with E-state index in [4.69, 9.17) is 9.47 Å². The summed E-state index contributed by atoms with van der Waals surface area (Å²) >= 11 is 4.07. The van der Waals surface area contributed by atoms with Gasteiger partial charge >= 0.3 is 5.97 Å². The normalized spacial score (nSPS) is 30.5. The molecular weight excluding hydrogens is 326 g/mol. The summed E-state index contributed by atoms with van der Waals surface area (Å²) in [5.74, 6) is 0.271. The maximum Gasteiger partial charge on any atom is 0.315 e. The first-order chi connectivity index (χ1) is 11.6. The van der Waals surface area contributed by atoms with Crippen LogP contribution in [0.4, 0.5) is 0 Å². The lowest BCUT2D eigenvalue weighted by atomic mass is 9.59. The molecule has 1 atom stereocenters. The second kappa shape index (κ2) is 6.76. The SMILES string of the molecule is CCOC(=O)C12CC(CNC(=O)CCS)(C1)OC2c1ccccc1. The van der Waals surface area contributed by atoms with Crippen LogP contribution in [0.5, 0.6) is 0 Å². The number of amides is 1. The molecule has 1 saturated carbocycles. The molecule has 4 rings (SSSR count). The van der Waals surface area contributed by atoms with E-state index < -0.39 is 11.0 Å². The smallest absolute Gasteiger partial charge is 0.315 e. The maximum absolute atomic E-state index is 12.6. The van der Waals surface area contributed by atoms with Crippen LogP contribution in [0.3, 0.4) is 0 Å². The Hall–Kier alpha value is -1.53. The zero-order chi connectivity index (χ0) is 17.2. The number of carbonyl (C=O) groups excluding carboxylic acids is 2. The van der Waals surface area contributed by atoms with Crippen LogP contribution in [0.25, 0.3) is 0 Å². The van der Waals surface area contributed by atoms with E-state index in [-0.39, 0.29) is 18.0 Å². The zero-order valence-corrected chi connectivity index (χ0v) is 14.7. The van der Waals surface area contributed by atoms with Crippen molar-refractivity contribution in [3.63, 3.8) is 0 Å². The average Bonchev–Trinajstić information content (AvgIpc) is 3.06. The number of ether oxygens (including phenoxy) is 2. The summed E-state index contributed by atoms with van der Waals surface area (Å²) in [6.45, 7) is 2.59. The van der Waals surface area contributed by atoms with E-state index in [0.29, 0.717) is 38.2 Å². The van der Waals surface area contributed by atoms with Crippen LogP contribution in [0.2, 0.25) is 0 Å². The molecule has 2 aliphatic heterocycles. The number of carbonyl (C=O) groups is 2. The number of hydrogen-bond acceptors (Lipinski definition) is 5. The van der Waals surface area contributed by atoms with Crippen LogP contribution >= 0.6 is 12.6 Å². The lowest BCUT2D eigenvalue weighted by Gasteiger charge is -2.43. The number of thiol groups is 1. The highest BCUT2D eigenvalue weighted by Crippen LogP contribution is 2.67. The van der Waals surface area contributed by atoms with Crippen molar-refractivity contribution in [2.24, 2.45) is 5.41 Å². The van der Waals surface area contributed by atoms with E-state index in [9.17, 15) is 9.59 Å². The van der Waals surface area contributed by atoms with Gasteiger partial charge in [0, 0.05) is 13.0 Å². The predicted octanol–water partition coefficient (Wildman–Crippen LogP) is 2.28. The third kappa shape index (κ3) is 2.93. The molecule has 2 saturated heterocycles. The van der Waals surface area contributed by atoms with Gasteiger partial charge in [0.15, 0.2) is 0 Å². The summed E-state index contributed by atoms with van der Waals surface area (Å²) in [4.78, 5) is 24.3. The maximum atomic E-state index is 12.6. The lowest BCUT2D eigenvalue weighted by Crippen LogP contribution is -2.55. The first-order valence-electron chi connectivity index (χ1n) is 8.33. The van der Waals surface area contributed by atoms with Gasteiger partial charge < -0.3 is 14.8 Å². The number of benzene rings is 1. The van der Waals surface area contributed by atoms with E-state index in [2.05, 4.69) is 17.9 Å². The second-order valence-corrected chi connectivity index (χ2v) is 7.02. The Morgan fingerprint density at radius 2 is 2.04 bits per heavy atom. The van der Waals surface area contributed by atoms with Gasteiger partial charge in [-0.2, -0.15) is 12.6 Å². The van der Waals surface area contributed by atoms with E-state index in [1.807, 2.05) is 37.3 Å². The number of fused-ring (bicyclic) bond motifs is 1. The fraction of sp³-hybridized carbons (Fsp3) is 0.556. The Morgan fingerprint density at radius 1 is 1.33 bits per heavy atom. The molecule has 3 fully saturated rings. The van der Waals surface area contributed by atoms with Crippen LogP contribution in [0.15, 0.2) is 30.3 Å². The van der Waals surface area contributed by atoms with Gasteiger partial charge in [-0.15, -0.1) is 0 Å². The van der Waals surface area contributed by atoms with Gasteiger partial charge in [-0.25, -0.2) is 0 Å². The number of rotatable bonds is 7. The minimum Gasteiger partial charge on any atom is -0.465 e. The van der Waals surface area contributed by atoms with E-state index >= 15 is 0 Å². The molecule has 1 aliphatic carbocycles. The van der Waals surface area contributed by atoms with Crippen LogP contribution in [-0.2, 0) is 19.1 Å². The molecule has 130 valence electrons. The largest absolute Gasteiger partial charge is 0.465 e. The molecule has 0 radical (unpaired) electrons. The molecule has 1 unspecified atom stereocenters. The van der Waals surface area contributed by atoms with Gasteiger partial charge in [-0.1, -0.05) is 30.3 Å². The van der Waals surface area contributed by atoms with E-state index in [1.165, 1.54) is 0 Å². The Kier molecular flexibility index (Phi) is 4.88. The number of hydrogen-bond donors (Lipinski definition) is 2. The van der Waals surface area contributed by atoms with E-state index in [1.54, 1.807) is 0 Å². The zero-order valence-electron chi connectivity index (χ0n) is 13.8. The molecule has 2 heterocycles. The molecule has 1 amide bonds. The molecule has 0 aromatic heterocycles. The number of nitrogens with one attached hydrogen (secondary N) is 1. The third-order valence-electron chi connectivity index (χ3n) is 4.88. The lowest BCUT2D eigenvalue weighted by molar-refractivity contribution is -0.161. The minimum atomic E-state index is -0.633. The van der Waals surface area contributed by atoms with Crippen LogP contribution in [0.1, 0.15) is 37.9 Å². The Balaban J connectivity index is 1.77. The van der Waals surface area contributed by atoms with Crippen LogP contribution in [-0.4, -0.2) is 36.4 Å².